The van der Waals surface area contributed by atoms with Crippen LogP contribution in [-0.2, 0) is 14.4 Å². The number of hydrogen-bond acceptors (Lipinski definition) is 6. The summed E-state index contributed by atoms with van der Waals surface area (Å²) < 4.78 is 5.33. The molecule has 0 aromatic heterocycles. The van der Waals surface area contributed by atoms with Crippen molar-refractivity contribution in [3.8, 4) is 0 Å². The molecule has 2 aliphatic rings. The van der Waals surface area contributed by atoms with Crippen LogP contribution in [0.2, 0.25) is 0 Å². The number of imide groups is 1. The van der Waals surface area contributed by atoms with E-state index in [2.05, 4.69) is 5.32 Å². The summed E-state index contributed by atoms with van der Waals surface area (Å²) in [4.78, 5) is 54.8. The number of carbonyl (C=O) groups excluding carboxylic acids is 4. The Balaban J connectivity index is 1.63. The highest BCUT2D eigenvalue weighted by atomic mass is 16.7. The second-order valence-electron chi connectivity index (χ2n) is 9.20. The van der Waals surface area contributed by atoms with E-state index >= 15 is 0 Å². The molecule has 168 valence electrons. The molecule has 1 heterocycles. The maximum Gasteiger partial charge on any atom is 0.407 e. The highest BCUT2D eigenvalue weighted by Gasteiger charge is 2.39. The number of carbonyl (C=O) groups is 4. The molecule has 1 fully saturated rings. The van der Waals surface area contributed by atoms with Gasteiger partial charge in [0.1, 0.15) is 5.60 Å². The fourth-order valence-electron chi connectivity index (χ4n) is 4.08. The van der Waals surface area contributed by atoms with Crippen molar-refractivity contribution in [1.82, 2.24) is 10.4 Å². The number of hydroxylamine groups is 2. The number of alkyl carbamates (subject to hydrolysis) is 1. The molecule has 1 aromatic rings. The van der Waals surface area contributed by atoms with Crippen LogP contribution in [0.5, 0.6) is 0 Å². The number of benzene rings is 1. The van der Waals surface area contributed by atoms with Gasteiger partial charge in [-0.3, -0.25) is 9.59 Å². The Labute approximate surface area is 182 Å². The van der Waals surface area contributed by atoms with E-state index in [0.29, 0.717) is 17.4 Å². The summed E-state index contributed by atoms with van der Waals surface area (Å²) in [6.07, 6.45) is 5.37. The zero-order valence-electron chi connectivity index (χ0n) is 18.3. The molecule has 8 heteroatoms. The van der Waals surface area contributed by atoms with E-state index in [1.807, 2.05) is 0 Å². The summed E-state index contributed by atoms with van der Waals surface area (Å²) >= 11 is 0. The molecule has 0 bridgehead atoms. The van der Waals surface area contributed by atoms with Gasteiger partial charge in [-0.25, -0.2) is 9.59 Å². The fourth-order valence-corrected chi connectivity index (χ4v) is 4.08. The number of nitrogens with one attached hydrogen (secondary N) is 1. The quantitative estimate of drug-likeness (QED) is 0.685. The van der Waals surface area contributed by atoms with Crippen molar-refractivity contribution in [2.24, 2.45) is 5.92 Å². The molecule has 3 amide bonds. The lowest BCUT2D eigenvalue weighted by atomic mass is 9.84. The third kappa shape index (κ3) is 6.06. The molecule has 1 aliphatic carbocycles. The highest BCUT2D eigenvalue weighted by molar-refractivity contribution is 6.20. The first-order valence-corrected chi connectivity index (χ1v) is 10.8. The first-order valence-electron chi connectivity index (χ1n) is 10.8. The number of ether oxygens (including phenoxy) is 1. The summed E-state index contributed by atoms with van der Waals surface area (Å²) in [6, 6.07) is 5.79. The molecule has 0 unspecified atom stereocenters. The van der Waals surface area contributed by atoms with Crippen LogP contribution in [0.3, 0.4) is 0 Å². The van der Waals surface area contributed by atoms with E-state index in [-0.39, 0.29) is 17.5 Å². The van der Waals surface area contributed by atoms with Gasteiger partial charge in [-0.15, -0.1) is 0 Å². The smallest absolute Gasteiger partial charge is 0.407 e. The van der Waals surface area contributed by atoms with Gasteiger partial charge in [0.15, 0.2) is 0 Å². The van der Waals surface area contributed by atoms with Gasteiger partial charge in [0.05, 0.1) is 17.5 Å². The van der Waals surface area contributed by atoms with Crippen LogP contribution in [0.1, 0.15) is 86.4 Å². The third-order valence-corrected chi connectivity index (χ3v) is 5.43. The maximum absolute atomic E-state index is 12.6. The van der Waals surface area contributed by atoms with Crippen molar-refractivity contribution >= 4 is 23.9 Å². The van der Waals surface area contributed by atoms with Crippen molar-refractivity contribution < 1.29 is 28.8 Å². The topological polar surface area (TPSA) is 102 Å². The number of hydrogen-bond donors (Lipinski definition) is 1. The van der Waals surface area contributed by atoms with Gasteiger partial charge in [-0.2, -0.15) is 0 Å². The lowest BCUT2D eigenvalue weighted by Gasteiger charge is -2.28. The van der Waals surface area contributed by atoms with Crippen LogP contribution in [0, 0.1) is 5.92 Å². The Morgan fingerprint density at radius 3 is 2.19 bits per heavy atom. The molecular weight excluding hydrogens is 400 g/mol. The molecule has 1 atom stereocenters. The molecule has 1 saturated carbocycles. The first kappa shape index (κ1) is 22.8. The molecule has 31 heavy (non-hydrogen) atoms. The molecular formula is C23H30N2O6. The Morgan fingerprint density at radius 2 is 1.65 bits per heavy atom. The lowest BCUT2D eigenvalue weighted by molar-refractivity contribution is -0.169. The predicted molar refractivity (Wildman–Crippen MR) is 112 cm³/mol. The molecule has 0 spiro atoms. The van der Waals surface area contributed by atoms with Crippen LogP contribution in [0.15, 0.2) is 24.3 Å². The van der Waals surface area contributed by atoms with Crippen molar-refractivity contribution in [3.63, 3.8) is 0 Å². The maximum atomic E-state index is 12.6. The summed E-state index contributed by atoms with van der Waals surface area (Å²) in [5, 5.41) is 3.26. The Hall–Kier alpha value is -2.90. The van der Waals surface area contributed by atoms with Crippen LogP contribution in [0.25, 0.3) is 0 Å². The predicted octanol–water partition coefficient (Wildman–Crippen LogP) is 3.99. The third-order valence-electron chi connectivity index (χ3n) is 5.43. The standard InChI is InChI=1S/C23H30N2O6/c1-23(2,3)30-22(29)24-16(13-15-9-5-4-6-10-15)14-19(26)31-25-20(27)17-11-7-8-12-18(17)21(25)28/h7-8,11-12,15-16H,4-6,9-10,13-14H2,1-3H3,(H,24,29)/t16-/m0/s1. The second-order valence-corrected chi connectivity index (χ2v) is 9.20. The lowest BCUT2D eigenvalue weighted by Crippen LogP contribution is -2.42. The van der Waals surface area contributed by atoms with E-state index in [0.717, 1.165) is 25.7 Å². The zero-order valence-corrected chi connectivity index (χ0v) is 18.3. The molecule has 8 nitrogen and oxygen atoms in total. The average Bonchev–Trinajstić information content (AvgIpc) is 2.92. The van der Waals surface area contributed by atoms with Crippen molar-refractivity contribution in [1.29, 1.82) is 0 Å². The van der Waals surface area contributed by atoms with Crippen molar-refractivity contribution in [2.45, 2.75) is 77.4 Å². The van der Waals surface area contributed by atoms with Crippen LogP contribution < -0.4 is 5.32 Å². The minimum absolute atomic E-state index is 0.164. The molecule has 0 radical (unpaired) electrons. The van der Waals surface area contributed by atoms with Gasteiger partial charge in [-0.05, 0) is 45.2 Å². The molecule has 3 rings (SSSR count). The fraction of sp³-hybridized carbons (Fsp3) is 0.565. The average molecular weight is 431 g/mol. The van der Waals surface area contributed by atoms with E-state index in [1.54, 1.807) is 32.9 Å². The summed E-state index contributed by atoms with van der Waals surface area (Å²) in [6.45, 7) is 5.29. The molecule has 0 saturated heterocycles. The van der Waals surface area contributed by atoms with E-state index in [4.69, 9.17) is 9.57 Å². The van der Waals surface area contributed by atoms with Crippen LogP contribution >= 0.6 is 0 Å². The van der Waals surface area contributed by atoms with Gasteiger partial charge in [0, 0.05) is 6.04 Å². The summed E-state index contributed by atoms with van der Waals surface area (Å²) in [7, 11) is 0. The largest absolute Gasteiger partial charge is 0.444 e. The van der Waals surface area contributed by atoms with Gasteiger partial charge in [-0.1, -0.05) is 49.3 Å². The molecule has 1 aliphatic heterocycles. The molecule has 1 aromatic carbocycles. The van der Waals surface area contributed by atoms with Gasteiger partial charge >= 0.3 is 12.1 Å². The zero-order chi connectivity index (χ0) is 22.6. The highest BCUT2D eigenvalue weighted by Crippen LogP contribution is 2.29. The number of amides is 3. The minimum Gasteiger partial charge on any atom is -0.444 e. The monoisotopic (exact) mass is 430 g/mol. The van der Waals surface area contributed by atoms with Gasteiger partial charge < -0.3 is 14.9 Å². The van der Waals surface area contributed by atoms with E-state index in [9.17, 15) is 19.2 Å². The van der Waals surface area contributed by atoms with Crippen LogP contribution in [-0.4, -0.2) is 40.6 Å². The van der Waals surface area contributed by atoms with E-state index in [1.165, 1.54) is 18.6 Å². The normalized spacial score (nSPS) is 17.8. The Kier molecular flexibility index (Phi) is 6.97. The number of fused-ring (bicyclic) bond motifs is 1. The summed E-state index contributed by atoms with van der Waals surface area (Å²) in [5.74, 6) is -1.71. The van der Waals surface area contributed by atoms with Gasteiger partial charge in [0.2, 0.25) is 0 Å². The van der Waals surface area contributed by atoms with Crippen molar-refractivity contribution in [2.75, 3.05) is 0 Å². The Morgan fingerprint density at radius 1 is 1.06 bits per heavy atom. The van der Waals surface area contributed by atoms with E-state index < -0.39 is 35.5 Å². The van der Waals surface area contributed by atoms with Gasteiger partial charge in [0.25, 0.3) is 11.8 Å². The second kappa shape index (κ2) is 9.49. The minimum atomic E-state index is -0.758. The van der Waals surface area contributed by atoms with Crippen LogP contribution in [0.4, 0.5) is 4.79 Å². The number of rotatable bonds is 6. The molecule has 1 N–H and O–H groups in total. The van der Waals surface area contributed by atoms with Crippen molar-refractivity contribution in [3.05, 3.63) is 35.4 Å². The SMILES string of the molecule is CC(C)(C)OC(=O)N[C@H](CC(=O)ON1C(=O)c2ccccc2C1=O)CC1CCCCC1. The first-order chi connectivity index (χ1) is 14.6. The summed E-state index contributed by atoms with van der Waals surface area (Å²) in [5.41, 5.74) is -0.267. The Bertz CT molecular complexity index is 819. The number of nitrogens with zero attached hydrogens (tertiary/aromatic N) is 1.